The lowest BCUT2D eigenvalue weighted by Gasteiger charge is -2.17. The maximum atomic E-state index is 11.6. The Morgan fingerprint density at radius 2 is 1.71 bits per heavy atom. The van der Waals surface area contributed by atoms with E-state index in [1.165, 1.54) is 7.11 Å². The number of hydrogen-bond donors (Lipinski definition) is 0. The van der Waals surface area contributed by atoms with Crippen LogP contribution in [0.2, 0.25) is 0 Å². The Balaban J connectivity index is 1.66. The van der Waals surface area contributed by atoms with Gasteiger partial charge in [0.25, 0.3) is 0 Å². The molecular formula is C23H20O5. The van der Waals surface area contributed by atoms with Crippen LogP contribution in [0, 0.1) is 0 Å². The molecular weight excluding hydrogens is 356 g/mol. The molecule has 1 aliphatic rings. The topological polar surface area (TPSA) is 61.8 Å². The summed E-state index contributed by atoms with van der Waals surface area (Å²) in [5, 5.41) is 0. The van der Waals surface area contributed by atoms with E-state index in [-0.39, 0.29) is 6.61 Å². The molecule has 0 amide bonds. The van der Waals surface area contributed by atoms with Crippen molar-refractivity contribution in [2.24, 2.45) is 0 Å². The van der Waals surface area contributed by atoms with Crippen molar-refractivity contribution in [2.75, 3.05) is 7.11 Å². The van der Waals surface area contributed by atoms with Crippen LogP contribution in [-0.4, -0.2) is 19.0 Å². The third kappa shape index (κ3) is 5.22. The SMILES string of the molecule is COC(=O)c1cccc(COC2=CC(OCc3ccccc3)=CC(=C=O)C2)c1. The largest absolute Gasteiger partial charge is 0.493 e. The fourth-order valence-corrected chi connectivity index (χ4v) is 2.73. The quantitative estimate of drug-likeness (QED) is 0.537. The number of ether oxygens (including phenoxy) is 3. The van der Waals surface area contributed by atoms with Crippen molar-refractivity contribution < 1.29 is 23.8 Å². The number of esters is 1. The Bertz CT molecular complexity index is 950. The molecule has 0 fully saturated rings. The normalized spacial score (nSPS) is 13.1. The van der Waals surface area contributed by atoms with Crippen molar-refractivity contribution in [3.63, 3.8) is 0 Å². The minimum atomic E-state index is -0.399. The molecule has 2 aromatic rings. The van der Waals surface area contributed by atoms with Gasteiger partial charge < -0.3 is 14.2 Å². The molecule has 0 atom stereocenters. The number of methoxy groups -OCH3 is 1. The Morgan fingerprint density at radius 3 is 2.46 bits per heavy atom. The van der Waals surface area contributed by atoms with Crippen LogP contribution in [0.3, 0.4) is 0 Å². The predicted molar refractivity (Wildman–Crippen MR) is 104 cm³/mol. The first-order valence-corrected chi connectivity index (χ1v) is 8.81. The van der Waals surface area contributed by atoms with Gasteiger partial charge in [0.05, 0.1) is 12.7 Å². The molecule has 0 saturated heterocycles. The first-order valence-electron chi connectivity index (χ1n) is 8.81. The van der Waals surface area contributed by atoms with Gasteiger partial charge in [0, 0.05) is 18.1 Å². The molecule has 3 rings (SSSR count). The summed E-state index contributed by atoms with van der Waals surface area (Å²) in [6.45, 7) is 0.651. The summed E-state index contributed by atoms with van der Waals surface area (Å²) in [4.78, 5) is 22.8. The smallest absolute Gasteiger partial charge is 0.337 e. The van der Waals surface area contributed by atoms with E-state index in [2.05, 4.69) is 0 Å². The van der Waals surface area contributed by atoms with Crippen molar-refractivity contribution in [3.8, 4) is 0 Å². The van der Waals surface area contributed by atoms with E-state index in [0.717, 1.165) is 11.1 Å². The molecule has 0 aliphatic heterocycles. The fraction of sp³-hybridized carbons (Fsp3) is 0.174. The molecule has 0 N–H and O–H groups in total. The van der Waals surface area contributed by atoms with Crippen LogP contribution in [0.1, 0.15) is 27.9 Å². The lowest BCUT2D eigenvalue weighted by atomic mass is 10.1. The van der Waals surface area contributed by atoms with Gasteiger partial charge in [-0.1, -0.05) is 42.5 Å². The third-order valence-electron chi connectivity index (χ3n) is 4.14. The molecule has 142 valence electrons. The second kappa shape index (κ2) is 9.40. The van der Waals surface area contributed by atoms with E-state index in [4.69, 9.17) is 14.2 Å². The number of rotatable bonds is 7. The lowest BCUT2D eigenvalue weighted by molar-refractivity contribution is 0.0600. The zero-order chi connectivity index (χ0) is 19.8. The van der Waals surface area contributed by atoms with Crippen molar-refractivity contribution in [2.45, 2.75) is 19.6 Å². The number of allylic oxidation sites excluding steroid dienone is 3. The van der Waals surface area contributed by atoms with Crippen LogP contribution < -0.4 is 0 Å². The minimum Gasteiger partial charge on any atom is -0.493 e. The van der Waals surface area contributed by atoms with Gasteiger partial charge in [-0.05, 0) is 29.3 Å². The molecule has 0 heterocycles. The first-order chi connectivity index (χ1) is 13.7. The van der Waals surface area contributed by atoms with E-state index >= 15 is 0 Å². The molecule has 28 heavy (non-hydrogen) atoms. The minimum absolute atomic E-state index is 0.259. The monoisotopic (exact) mass is 376 g/mol. The Hall–Kier alpha value is -3.56. The Kier molecular flexibility index (Phi) is 6.45. The lowest BCUT2D eigenvalue weighted by Crippen LogP contribution is -2.05. The maximum Gasteiger partial charge on any atom is 0.337 e. The van der Waals surface area contributed by atoms with Gasteiger partial charge in [0.15, 0.2) is 0 Å². The summed E-state index contributed by atoms with van der Waals surface area (Å²) in [6, 6.07) is 16.8. The summed E-state index contributed by atoms with van der Waals surface area (Å²) >= 11 is 0. The van der Waals surface area contributed by atoms with Crippen LogP contribution >= 0.6 is 0 Å². The number of carbonyl (C=O) groups excluding carboxylic acids is 2. The average molecular weight is 376 g/mol. The van der Waals surface area contributed by atoms with Gasteiger partial charge in [0.1, 0.15) is 30.7 Å². The highest BCUT2D eigenvalue weighted by Crippen LogP contribution is 2.24. The van der Waals surface area contributed by atoms with E-state index < -0.39 is 5.97 Å². The number of carbonyl (C=O) groups is 1. The second-order valence-corrected chi connectivity index (χ2v) is 6.22. The number of benzene rings is 2. The molecule has 0 bridgehead atoms. The van der Waals surface area contributed by atoms with Gasteiger partial charge in [-0.15, -0.1) is 0 Å². The van der Waals surface area contributed by atoms with Crippen molar-refractivity contribution in [1.29, 1.82) is 0 Å². The van der Waals surface area contributed by atoms with Gasteiger partial charge in [-0.3, -0.25) is 0 Å². The highest BCUT2D eigenvalue weighted by atomic mass is 16.5. The first kappa shape index (κ1) is 19.2. The third-order valence-corrected chi connectivity index (χ3v) is 4.14. The highest BCUT2D eigenvalue weighted by molar-refractivity contribution is 5.89. The number of hydrogen-bond acceptors (Lipinski definition) is 5. The average Bonchev–Trinajstić information content (AvgIpc) is 2.76. The van der Waals surface area contributed by atoms with E-state index in [9.17, 15) is 9.59 Å². The maximum absolute atomic E-state index is 11.6. The van der Waals surface area contributed by atoms with Gasteiger partial charge in [-0.25, -0.2) is 9.59 Å². The predicted octanol–water partition coefficient (Wildman–Crippen LogP) is 4.14. The molecule has 2 aromatic carbocycles. The zero-order valence-corrected chi connectivity index (χ0v) is 15.5. The Labute approximate surface area is 163 Å². The van der Waals surface area contributed by atoms with Crippen molar-refractivity contribution >= 4 is 11.9 Å². The molecule has 5 heteroatoms. The van der Waals surface area contributed by atoms with Crippen LogP contribution in [0.15, 0.2) is 83.8 Å². The van der Waals surface area contributed by atoms with Gasteiger partial charge in [-0.2, -0.15) is 0 Å². The van der Waals surface area contributed by atoms with Crippen LogP contribution in [0.5, 0.6) is 0 Å². The molecule has 1 aliphatic carbocycles. The summed E-state index contributed by atoms with van der Waals surface area (Å²) in [6.07, 6.45) is 3.78. The molecule has 0 aromatic heterocycles. The van der Waals surface area contributed by atoms with Crippen molar-refractivity contribution in [3.05, 3.63) is 101 Å². The second-order valence-electron chi connectivity index (χ2n) is 6.22. The van der Waals surface area contributed by atoms with Crippen LogP contribution in [0.4, 0.5) is 0 Å². The van der Waals surface area contributed by atoms with Crippen molar-refractivity contribution in [1.82, 2.24) is 0 Å². The van der Waals surface area contributed by atoms with E-state index in [1.54, 1.807) is 30.4 Å². The standard InChI is InChI=1S/C23H20O5/c1-26-23(25)20-9-5-8-18(10-20)16-28-22-12-19(14-24)11-21(13-22)27-15-17-6-3-2-4-7-17/h2-11,13H,12,15-16H2,1H3. The Morgan fingerprint density at radius 1 is 0.964 bits per heavy atom. The fourth-order valence-electron chi connectivity index (χ4n) is 2.73. The summed E-state index contributed by atoms with van der Waals surface area (Å²) in [5.41, 5.74) is 2.77. The highest BCUT2D eigenvalue weighted by Gasteiger charge is 2.14. The molecule has 0 unspecified atom stereocenters. The molecule has 5 nitrogen and oxygen atoms in total. The van der Waals surface area contributed by atoms with Crippen LogP contribution in [-0.2, 0) is 32.2 Å². The zero-order valence-electron chi connectivity index (χ0n) is 15.5. The van der Waals surface area contributed by atoms with E-state index in [0.29, 0.717) is 35.7 Å². The summed E-state index contributed by atoms with van der Waals surface area (Å²) in [7, 11) is 1.34. The van der Waals surface area contributed by atoms with Gasteiger partial charge >= 0.3 is 5.97 Å². The summed E-state index contributed by atoms with van der Waals surface area (Å²) in [5.74, 6) is 2.67. The van der Waals surface area contributed by atoms with E-state index in [1.807, 2.05) is 42.3 Å². The molecule has 0 spiro atoms. The van der Waals surface area contributed by atoms with Gasteiger partial charge in [0.2, 0.25) is 0 Å². The summed E-state index contributed by atoms with van der Waals surface area (Å²) < 4.78 is 16.4. The van der Waals surface area contributed by atoms with Crippen LogP contribution in [0.25, 0.3) is 0 Å². The molecule has 0 radical (unpaired) electrons. The molecule has 0 saturated carbocycles.